The maximum absolute atomic E-state index is 13.8. The van der Waals surface area contributed by atoms with Crippen LogP contribution < -0.4 is 14.8 Å². The van der Waals surface area contributed by atoms with E-state index in [0.717, 1.165) is 0 Å². The second kappa shape index (κ2) is 10.6. The molecule has 8 heteroatoms. The molecule has 3 rings (SSSR count). The zero-order valence-electron chi connectivity index (χ0n) is 16.9. The van der Waals surface area contributed by atoms with Gasteiger partial charge in [-0.1, -0.05) is 40.2 Å². The number of ether oxygens (including phenoxy) is 2. The van der Waals surface area contributed by atoms with Gasteiger partial charge in [-0.05, 0) is 53.6 Å². The van der Waals surface area contributed by atoms with Crippen LogP contribution in [0.25, 0.3) is 6.08 Å². The van der Waals surface area contributed by atoms with E-state index in [1.807, 2.05) is 6.07 Å². The number of carbonyl (C=O) groups is 1. The predicted molar refractivity (Wildman–Crippen MR) is 120 cm³/mol. The van der Waals surface area contributed by atoms with Gasteiger partial charge in [0.1, 0.15) is 29.9 Å². The number of methoxy groups -OCH3 is 1. The van der Waals surface area contributed by atoms with E-state index in [0.29, 0.717) is 27.1 Å². The lowest BCUT2D eigenvalue weighted by Gasteiger charge is -2.13. The monoisotopic (exact) mass is 498 g/mol. The highest BCUT2D eigenvalue weighted by Gasteiger charge is 2.15. The Morgan fingerprint density at radius 3 is 2.59 bits per heavy atom. The lowest BCUT2D eigenvalue weighted by atomic mass is 10.1. The SMILES string of the molecule is COc1cc(/C=C(/C#N)C(=O)Nc2ccccc2F)c(Br)cc1OCc1cccc(F)c1. The molecule has 0 saturated heterocycles. The summed E-state index contributed by atoms with van der Waals surface area (Å²) in [4.78, 5) is 12.4. The number of hydrogen-bond acceptors (Lipinski definition) is 4. The van der Waals surface area contributed by atoms with Gasteiger partial charge in [0.05, 0.1) is 12.8 Å². The van der Waals surface area contributed by atoms with Crippen LogP contribution in [-0.4, -0.2) is 13.0 Å². The number of anilines is 1. The van der Waals surface area contributed by atoms with Gasteiger partial charge in [0.15, 0.2) is 11.5 Å². The number of halogens is 3. The molecule has 0 spiro atoms. The molecule has 5 nitrogen and oxygen atoms in total. The van der Waals surface area contributed by atoms with E-state index in [4.69, 9.17) is 9.47 Å². The maximum atomic E-state index is 13.8. The average Bonchev–Trinajstić information content (AvgIpc) is 2.78. The van der Waals surface area contributed by atoms with Crippen LogP contribution in [0.3, 0.4) is 0 Å². The molecule has 0 fully saturated rings. The Morgan fingerprint density at radius 2 is 1.91 bits per heavy atom. The standard InChI is InChI=1S/C24H17BrF2N2O3/c1-31-22-11-16(10-17(13-28)24(30)29-21-8-3-2-7-20(21)27)19(25)12-23(22)32-14-15-5-4-6-18(26)9-15/h2-12H,14H2,1H3,(H,29,30)/b17-10-. The number of benzene rings is 3. The first-order valence-corrected chi connectivity index (χ1v) is 10.1. The number of rotatable bonds is 7. The van der Waals surface area contributed by atoms with Gasteiger partial charge in [0.2, 0.25) is 0 Å². The van der Waals surface area contributed by atoms with Crippen molar-refractivity contribution in [1.29, 1.82) is 5.26 Å². The molecule has 0 aromatic heterocycles. The molecule has 3 aromatic rings. The molecule has 32 heavy (non-hydrogen) atoms. The summed E-state index contributed by atoms with van der Waals surface area (Å²) in [6, 6.07) is 16.7. The second-order valence-corrected chi connectivity index (χ2v) is 7.40. The van der Waals surface area contributed by atoms with Crippen LogP contribution in [0.15, 0.2) is 70.7 Å². The zero-order chi connectivity index (χ0) is 23.1. The minimum atomic E-state index is -0.755. The molecule has 0 atom stereocenters. The predicted octanol–water partition coefficient (Wildman–Crippen LogP) is 5.86. The topological polar surface area (TPSA) is 71.3 Å². The Morgan fingerprint density at radius 1 is 1.12 bits per heavy atom. The minimum Gasteiger partial charge on any atom is -0.493 e. The number of nitrogens with one attached hydrogen (secondary N) is 1. The molecule has 3 aromatic carbocycles. The molecule has 0 unspecified atom stereocenters. The van der Waals surface area contributed by atoms with Crippen molar-refractivity contribution in [2.75, 3.05) is 12.4 Å². The van der Waals surface area contributed by atoms with Crippen molar-refractivity contribution in [2.45, 2.75) is 6.61 Å². The fourth-order valence-corrected chi connectivity index (χ4v) is 3.21. The average molecular weight is 499 g/mol. The van der Waals surface area contributed by atoms with Gasteiger partial charge in [-0.15, -0.1) is 0 Å². The normalized spacial score (nSPS) is 10.9. The van der Waals surface area contributed by atoms with Crippen LogP contribution >= 0.6 is 15.9 Å². The lowest BCUT2D eigenvalue weighted by Crippen LogP contribution is -2.14. The Kier molecular flexibility index (Phi) is 7.58. The van der Waals surface area contributed by atoms with E-state index in [-0.39, 0.29) is 23.7 Å². The largest absolute Gasteiger partial charge is 0.493 e. The summed E-state index contributed by atoms with van der Waals surface area (Å²) < 4.78 is 38.8. The molecule has 0 aliphatic rings. The van der Waals surface area contributed by atoms with E-state index in [1.54, 1.807) is 30.3 Å². The van der Waals surface area contributed by atoms with Gasteiger partial charge in [0.25, 0.3) is 5.91 Å². The fraction of sp³-hybridized carbons (Fsp3) is 0.0833. The summed E-state index contributed by atoms with van der Waals surface area (Å²) in [5.41, 5.74) is 0.852. The number of carbonyl (C=O) groups excluding carboxylic acids is 1. The lowest BCUT2D eigenvalue weighted by molar-refractivity contribution is -0.112. The van der Waals surface area contributed by atoms with E-state index in [1.165, 1.54) is 43.5 Å². The first-order chi connectivity index (χ1) is 15.4. The van der Waals surface area contributed by atoms with Gasteiger partial charge < -0.3 is 14.8 Å². The summed E-state index contributed by atoms with van der Waals surface area (Å²) in [7, 11) is 1.45. The molecule has 0 radical (unpaired) electrons. The summed E-state index contributed by atoms with van der Waals surface area (Å²) >= 11 is 3.39. The number of nitrogens with zero attached hydrogens (tertiary/aromatic N) is 1. The molecule has 0 saturated carbocycles. The molecule has 0 heterocycles. The first kappa shape index (κ1) is 23.0. The van der Waals surface area contributed by atoms with E-state index in [2.05, 4.69) is 21.2 Å². The highest BCUT2D eigenvalue weighted by Crippen LogP contribution is 2.35. The summed E-state index contributed by atoms with van der Waals surface area (Å²) in [6.07, 6.45) is 1.35. The van der Waals surface area contributed by atoms with Gasteiger partial charge in [0, 0.05) is 4.47 Å². The van der Waals surface area contributed by atoms with Crippen molar-refractivity contribution in [3.63, 3.8) is 0 Å². The summed E-state index contributed by atoms with van der Waals surface area (Å²) in [5, 5.41) is 11.8. The molecule has 0 aliphatic carbocycles. The van der Waals surface area contributed by atoms with Gasteiger partial charge in [-0.2, -0.15) is 5.26 Å². The highest BCUT2D eigenvalue weighted by atomic mass is 79.9. The Bertz CT molecular complexity index is 1220. The van der Waals surface area contributed by atoms with Crippen LogP contribution in [0.2, 0.25) is 0 Å². The van der Waals surface area contributed by atoms with Crippen LogP contribution in [0.4, 0.5) is 14.5 Å². The summed E-state index contributed by atoms with van der Waals surface area (Å²) in [6.45, 7) is 0.115. The third-order valence-electron chi connectivity index (χ3n) is 4.35. The number of nitriles is 1. The molecule has 162 valence electrons. The molecule has 0 aliphatic heterocycles. The third kappa shape index (κ3) is 5.71. The van der Waals surface area contributed by atoms with Crippen molar-refractivity contribution >= 4 is 33.6 Å². The Hall–Kier alpha value is -3.70. The third-order valence-corrected chi connectivity index (χ3v) is 5.04. The van der Waals surface area contributed by atoms with E-state index < -0.39 is 11.7 Å². The molecule has 0 bridgehead atoms. The van der Waals surface area contributed by atoms with Gasteiger partial charge >= 0.3 is 0 Å². The van der Waals surface area contributed by atoms with Crippen molar-refractivity contribution in [3.05, 3.63) is 93.5 Å². The van der Waals surface area contributed by atoms with E-state index >= 15 is 0 Å². The Balaban J connectivity index is 1.83. The Labute approximate surface area is 192 Å². The maximum Gasteiger partial charge on any atom is 0.266 e. The number of para-hydroxylation sites is 1. The fourth-order valence-electron chi connectivity index (χ4n) is 2.78. The smallest absolute Gasteiger partial charge is 0.266 e. The van der Waals surface area contributed by atoms with Crippen LogP contribution in [-0.2, 0) is 11.4 Å². The van der Waals surface area contributed by atoms with Crippen molar-refractivity contribution in [1.82, 2.24) is 0 Å². The minimum absolute atomic E-state index is 0.0311. The van der Waals surface area contributed by atoms with Gasteiger partial charge in [-0.3, -0.25) is 4.79 Å². The summed E-state index contributed by atoms with van der Waals surface area (Å²) in [5.74, 6) is -0.995. The quantitative estimate of drug-likeness (QED) is 0.327. The van der Waals surface area contributed by atoms with Crippen molar-refractivity contribution < 1.29 is 23.0 Å². The van der Waals surface area contributed by atoms with Crippen LogP contribution in [0.5, 0.6) is 11.5 Å². The van der Waals surface area contributed by atoms with Crippen LogP contribution in [0.1, 0.15) is 11.1 Å². The zero-order valence-corrected chi connectivity index (χ0v) is 18.4. The van der Waals surface area contributed by atoms with E-state index in [9.17, 15) is 18.8 Å². The molecular formula is C24H17BrF2N2O3. The second-order valence-electron chi connectivity index (χ2n) is 6.55. The number of hydrogen-bond donors (Lipinski definition) is 1. The van der Waals surface area contributed by atoms with Crippen molar-refractivity contribution in [2.24, 2.45) is 0 Å². The molecule has 1 N–H and O–H groups in total. The first-order valence-electron chi connectivity index (χ1n) is 9.33. The molecule has 1 amide bonds. The van der Waals surface area contributed by atoms with Gasteiger partial charge in [-0.25, -0.2) is 8.78 Å². The molecular weight excluding hydrogens is 482 g/mol. The highest BCUT2D eigenvalue weighted by molar-refractivity contribution is 9.10. The number of amides is 1. The van der Waals surface area contributed by atoms with Crippen LogP contribution in [0, 0.1) is 23.0 Å². The van der Waals surface area contributed by atoms with Crippen molar-refractivity contribution in [3.8, 4) is 17.6 Å².